The molecule has 3 rings (SSSR count). The smallest absolute Gasteiger partial charge is 0.342 e. The Hall–Kier alpha value is -3.61. The molecular weight excluding hydrogens is 358 g/mol. The van der Waals surface area contributed by atoms with Gasteiger partial charge in [-0.05, 0) is 38.1 Å². The number of hydrogen-bond donors (Lipinski definition) is 1. The van der Waals surface area contributed by atoms with Gasteiger partial charge in [0.05, 0.1) is 12.8 Å². The van der Waals surface area contributed by atoms with Gasteiger partial charge in [-0.3, -0.25) is 4.79 Å². The molecule has 0 radical (unpaired) electrons. The number of esters is 1. The van der Waals surface area contributed by atoms with E-state index in [9.17, 15) is 9.59 Å². The molecule has 0 saturated carbocycles. The molecular formula is C21H21N3O4. The summed E-state index contributed by atoms with van der Waals surface area (Å²) < 4.78 is 12.0. The average molecular weight is 379 g/mol. The van der Waals surface area contributed by atoms with Crippen molar-refractivity contribution < 1.29 is 19.1 Å². The minimum atomic E-state index is -1.05. The van der Waals surface area contributed by atoms with E-state index in [-0.39, 0.29) is 5.56 Å². The van der Waals surface area contributed by atoms with Gasteiger partial charge in [0.25, 0.3) is 5.91 Å². The Morgan fingerprint density at radius 2 is 1.86 bits per heavy atom. The lowest BCUT2D eigenvalue weighted by Gasteiger charge is -2.09. The summed E-state index contributed by atoms with van der Waals surface area (Å²) in [5, 5.41) is 4.57. The van der Waals surface area contributed by atoms with Gasteiger partial charge in [-0.2, -0.15) is 5.10 Å². The minimum Gasteiger partial charge on any atom is -0.497 e. The minimum absolute atomic E-state index is 0.224. The molecule has 7 heteroatoms. The fraction of sp³-hybridized carbons (Fsp3) is 0.190. The Balaban J connectivity index is 2.08. The van der Waals surface area contributed by atoms with E-state index in [2.05, 4.69) is 5.10 Å². The van der Waals surface area contributed by atoms with E-state index >= 15 is 0 Å². The molecule has 0 fully saturated rings. The van der Waals surface area contributed by atoms with Gasteiger partial charge in [-0.15, -0.1) is 0 Å². The lowest BCUT2D eigenvalue weighted by atomic mass is 10.1. The molecule has 0 unspecified atom stereocenters. The number of nitrogens with two attached hydrogens (primary N) is 1. The number of primary amides is 1. The molecule has 3 aromatic rings. The number of rotatable bonds is 6. The largest absolute Gasteiger partial charge is 0.497 e. The van der Waals surface area contributed by atoms with Crippen LogP contribution in [0.15, 0.2) is 54.7 Å². The molecule has 7 nitrogen and oxygen atoms in total. The van der Waals surface area contributed by atoms with Crippen LogP contribution in [0.1, 0.15) is 22.8 Å². The third-order valence-corrected chi connectivity index (χ3v) is 4.26. The van der Waals surface area contributed by atoms with Crippen LogP contribution in [-0.2, 0) is 9.53 Å². The van der Waals surface area contributed by atoms with Crippen molar-refractivity contribution in [2.75, 3.05) is 7.11 Å². The molecule has 1 atom stereocenters. The molecule has 2 aromatic carbocycles. The highest BCUT2D eigenvalue weighted by Gasteiger charge is 2.23. The zero-order valence-corrected chi connectivity index (χ0v) is 15.9. The van der Waals surface area contributed by atoms with Gasteiger partial charge in [0.15, 0.2) is 6.10 Å². The second-order valence-corrected chi connectivity index (χ2v) is 6.35. The first kappa shape index (κ1) is 19.2. The van der Waals surface area contributed by atoms with Gasteiger partial charge < -0.3 is 15.2 Å². The zero-order valence-electron chi connectivity index (χ0n) is 15.9. The second-order valence-electron chi connectivity index (χ2n) is 6.35. The van der Waals surface area contributed by atoms with Crippen LogP contribution in [0.4, 0.5) is 0 Å². The number of hydrogen-bond acceptors (Lipinski definition) is 5. The zero-order chi connectivity index (χ0) is 20.3. The van der Waals surface area contributed by atoms with Crippen LogP contribution < -0.4 is 10.5 Å². The van der Waals surface area contributed by atoms with E-state index in [0.717, 1.165) is 11.3 Å². The number of aryl methyl sites for hydroxylation is 1. The summed E-state index contributed by atoms with van der Waals surface area (Å²) in [6, 6.07) is 14.9. The van der Waals surface area contributed by atoms with Gasteiger partial charge in [-0.25, -0.2) is 9.48 Å². The van der Waals surface area contributed by atoms with Crippen molar-refractivity contribution in [3.63, 3.8) is 0 Å². The van der Waals surface area contributed by atoms with Gasteiger partial charge in [-0.1, -0.05) is 29.8 Å². The highest BCUT2D eigenvalue weighted by molar-refractivity contribution is 5.97. The maximum absolute atomic E-state index is 12.7. The Morgan fingerprint density at radius 3 is 2.50 bits per heavy atom. The van der Waals surface area contributed by atoms with E-state index in [0.29, 0.717) is 17.0 Å². The van der Waals surface area contributed by atoms with Gasteiger partial charge >= 0.3 is 5.97 Å². The van der Waals surface area contributed by atoms with E-state index in [4.69, 9.17) is 15.2 Å². The molecule has 0 aliphatic heterocycles. The molecule has 1 heterocycles. The van der Waals surface area contributed by atoms with Crippen molar-refractivity contribution >= 4 is 11.9 Å². The molecule has 0 saturated heterocycles. The lowest BCUT2D eigenvalue weighted by molar-refractivity contribution is -0.125. The Labute approximate surface area is 162 Å². The topological polar surface area (TPSA) is 96.4 Å². The second kappa shape index (κ2) is 7.96. The van der Waals surface area contributed by atoms with Crippen LogP contribution in [0.3, 0.4) is 0 Å². The van der Waals surface area contributed by atoms with Crippen LogP contribution >= 0.6 is 0 Å². The van der Waals surface area contributed by atoms with Crippen molar-refractivity contribution in [1.82, 2.24) is 9.78 Å². The third-order valence-electron chi connectivity index (χ3n) is 4.26. The van der Waals surface area contributed by atoms with Gasteiger partial charge in [0, 0.05) is 11.8 Å². The van der Waals surface area contributed by atoms with Crippen molar-refractivity contribution in [3.8, 4) is 22.7 Å². The third kappa shape index (κ3) is 4.03. The Kier molecular flexibility index (Phi) is 5.44. The predicted octanol–water partition coefficient (Wildman–Crippen LogP) is 2.89. The molecule has 1 aromatic heterocycles. The van der Waals surface area contributed by atoms with Crippen molar-refractivity contribution in [2.45, 2.75) is 20.0 Å². The first-order chi connectivity index (χ1) is 13.4. The molecule has 144 valence electrons. The number of aromatic nitrogens is 2. The van der Waals surface area contributed by atoms with Gasteiger partial charge in [0.2, 0.25) is 0 Å². The molecule has 0 aliphatic carbocycles. The highest BCUT2D eigenvalue weighted by atomic mass is 16.5. The summed E-state index contributed by atoms with van der Waals surface area (Å²) >= 11 is 0. The SMILES string of the molecule is COc1cccc(-c2nn(-c3ccc(C)cc3)cc2C(=O)O[C@H](C)C(N)=O)c1. The summed E-state index contributed by atoms with van der Waals surface area (Å²) in [5.41, 5.74) is 8.43. The van der Waals surface area contributed by atoms with E-state index in [1.807, 2.05) is 37.3 Å². The normalized spacial score (nSPS) is 11.7. The molecule has 0 aliphatic rings. The molecule has 1 amide bonds. The van der Waals surface area contributed by atoms with Crippen LogP contribution in [0.2, 0.25) is 0 Å². The number of amides is 1. The summed E-state index contributed by atoms with van der Waals surface area (Å²) in [7, 11) is 1.56. The van der Waals surface area contributed by atoms with E-state index in [1.165, 1.54) is 6.92 Å². The first-order valence-corrected chi connectivity index (χ1v) is 8.70. The molecule has 0 spiro atoms. The van der Waals surface area contributed by atoms with Crippen LogP contribution in [-0.4, -0.2) is 34.9 Å². The molecule has 0 bridgehead atoms. The average Bonchev–Trinajstić information content (AvgIpc) is 3.14. The fourth-order valence-corrected chi connectivity index (χ4v) is 2.62. The van der Waals surface area contributed by atoms with Crippen molar-refractivity contribution in [2.24, 2.45) is 5.73 Å². The molecule has 28 heavy (non-hydrogen) atoms. The van der Waals surface area contributed by atoms with E-state index in [1.54, 1.807) is 36.2 Å². The number of methoxy groups -OCH3 is 1. The quantitative estimate of drug-likeness (QED) is 0.664. The van der Waals surface area contributed by atoms with Crippen LogP contribution in [0.5, 0.6) is 5.75 Å². The molecule has 2 N–H and O–H groups in total. The maximum Gasteiger partial charge on any atom is 0.342 e. The monoisotopic (exact) mass is 379 g/mol. The summed E-state index contributed by atoms with van der Waals surface area (Å²) in [6.07, 6.45) is 0.531. The number of carbonyl (C=O) groups excluding carboxylic acids is 2. The summed E-state index contributed by atoms with van der Waals surface area (Å²) in [6.45, 7) is 3.42. The summed E-state index contributed by atoms with van der Waals surface area (Å²) in [5.74, 6) is -0.767. The number of carbonyl (C=O) groups is 2. The number of benzene rings is 2. The number of nitrogens with zero attached hydrogens (tertiary/aromatic N) is 2. The fourth-order valence-electron chi connectivity index (χ4n) is 2.62. The maximum atomic E-state index is 12.7. The van der Waals surface area contributed by atoms with Crippen LogP contribution in [0, 0.1) is 6.92 Å². The van der Waals surface area contributed by atoms with Gasteiger partial charge in [0.1, 0.15) is 17.0 Å². The van der Waals surface area contributed by atoms with E-state index < -0.39 is 18.0 Å². The summed E-state index contributed by atoms with van der Waals surface area (Å²) in [4.78, 5) is 24.0. The predicted molar refractivity (Wildman–Crippen MR) is 104 cm³/mol. The number of ether oxygens (including phenoxy) is 2. The highest BCUT2D eigenvalue weighted by Crippen LogP contribution is 2.27. The van der Waals surface area contributed by atoms with Crippen LogP contribution in [0.25, 0.3) is 16.9 Å². The van der Waals surface area contributed by atoms with Crippen molar-refractivity contribution in [1.29, 1.82) is 0 Å². The Morgan fingerprint density at radius 1 is 1.14 bits per heavy atom. The first-order valence-electron chi connectivity index (χ1n) is 8.70. The lowest BCUT2D eigenvalue weighted by Crippen LogP contribution is -2.30. The standard InChI is InChI=1S/C21H21N3O4/c1-13-7-9-16(10-8-13)24-12-18(21(26)28-14(2)20(22)25)19(23-24)15-5-4-6-17(11-15)27-3/h4-12,14H,1-3H3,(H2,22,25)/t14-/m1/s1. The Bertz CT molecular complexity index is 1010. The van der Waals surface area contributed by atoms with Crippen molar-refractivity contribution in [3.05, 3.63) is 65.9 Å².